The van der Waals surface area contributed by atoms with Gasteiger partial charge in [0.15, 0.2) is 11.6 Å². The SMILES string of the molecule is CCN1CCN(c2ccc(N3CCN(C(=O)c4c(-c5ccccc5Cl)noc4C)CC3)nn2)CC1. The highest BCUT2D eigenvalue weighted by molar-refractivity contribution is 6.33. The Morgan fingerprint density at radius 3 is 2.09 bits per heavy atom. The van der Waals surface area contributed by atoms with Crippen LogP contribution >= 0.6 is 11.6 Å². The first-order chi connectivity index (χ1) is 17.0. The molecule has 1 aromatic carbocycles. The lowest BCUT2D eigenvalue weighted by molar-refractivity contribution is 0.0745. The van der Waals surface area contributed by atoms with Crippen LogP contribution in [0.15, 0.2) is 40.9 Å². The predicted octanol–water partition coefficient (Wildman–Crippen LogP) is 3.20. The quantitative estimate of drug-likeness (QED) is 0.533. The molecule has 184 valence electrons. The molecular weight excluding hydrogens is 466 g/mol. The summed E-state index contributed by atoms with van der Waals surface area (Å²) >= 11 is 6.36. The molecule has 0 spiro atoms. The van der Waals surface area contributed by atoms with Crippen LogP contribution in [0.25, 0.3) is 11.3 Å². The smallest absolute Gasteiger partial charge is 0.259 e. The number of piperazine rings is 2. The maximum absolute atomic E-state index is 13.4. The van der Waals surface area contributed by atoms with E-state index in [4.69, 9.17) is 16.1 Å². The molecule has 0 bridgehead atoms. The van der Waals surface area contributed by atoms with Gasteiger partial charge in [-0.05, 0) is 31.7 Å². The summed E-state index contributed by atoms with van der Waals surface area (Å²) in [5.74, 6) is 2.17. The average Bonchev–Trinajstić information content (AvgIpc) is 3.29. The Bertz CT molecular complexity index is 1170. The molecule has 0 N–H and O–H groups in total. The van der Waals surface area contributed by atoms with Gasteiger partial charge in [0.05, 0.1) is 5.02 Å². The summed E-state index contributed by atoms with van der Waals surface area (Å²) in [5, 5.41) is 13.7. The Morgan fingerprint density at radius 2 is 1.51 bits per heavy atom. The van der Waals surface area contributed by atoms with Crippen LogP contribution in [0.4, 0.5) is 11.6 Å². The maximum Gasteiger partial charge on any atom is 0.259 e. The molecule has 2 aliphatic heterocycles. The second kappa shape index (κ2) is 10.2. The number of hydrogen-bond donors (Lipinski definition) is 0. The van der Waals surface area contributed by atoms with Crippen LogP contribution in [0.2, 0.25) is 5.02 Å². The molecule has 2 fully saturated rings. The van der Waals surface area contributed by atoms with Gasteiger partial charge in [-0.1, -0.05) is 41.9 Å². The van der Waals surface area contributed by atoms with Crippen molar-refractivity contribution in [2.75, 3.05) is 68.7 Å². The number of rotatable bonds is 5. The van der Waals surface area contributed by atoms with Crippen LogP contribution in [0, 0.1) is 6.92 Å². The number of carbonyl (C=O) groups excluding carboxylic acids is 1. The van der Waals surface area contributed by atoms with Gasteiger partial charge in [-0.25, -0.2) is 0 Å². The standard InChI is InChI=1S/C25H30ClN7O2/c1-3-30-10-12-31(13-11-30)21-8-9-22(28-27-21)32-14-16-33(17-15-32)25(34)23-18(2)35-29-24(23)19-6-4-5-7-20(19)26/h4-9H,3,10-17H2,1-2H3. The van der Waals surface area contributed by atoms with Crippen molar-refractivity contribution in [1.82, 2.24) is 25.2 Å². The molecule has 9 nitrogen and oxygen atoms in total. The number of nitrogens with zero attached hydrogens (tertiary/aromatic N) is 7. The highest BCUT2D eigenvalue weighted by Gasteiger charge is 2.29. The first-order valence-electron chi connectivity index (χ1n) is 12.1. The van der Waals surface area contributed by atoms with Gasteiger partial charge in [-0.15, -0.1) is 10.2 Å². The fourth-order valence-electron chi connectivity index (χ4n) is 4.71. The zero-order valence-electron chi connectivity index (χ0n) is 20.2. The van der Waals surface area contributed by atoms with Crippen molar-refractivity contribution < 1.29 is 9.32 Å². The zero-order valence-corrected chi connectivity index (χ0v) is 20.9. The van der Waals surface area contributed by atoms with Crippen molar-refractivity contribution in [2.45, 2.75) is 13.8 Å². The van der Waals surface area contributed by atoms with E-state index >= 15 is 0 Å². The van der Waals surface area contributed by atoms with E-state index in [1.165, 1.54) is 0 Å². The van der Waals surface area contributed by atoms with Crippen LogP contribution in [-0.2, 0) is 0 Å². The topological polar surface area (TPSA) is 81.8 Å². The summed E-state index contributed by atoms with van der Waals surface area (Å²) in [7, 11) is 0. The molecule has 3 aromatic rings. The van der Waals surface area contributed by atoms with Gasteiger partial charge >= 0.3 is 0 Å². The molecule has 1 amide bonds. The highest BCUT2D eigenvalue weighted by Crippen LogP contribution is 2.32. The average molecular weight is 496 g/mol. The first-order valence-corrected chi connectivity index (χ1v) is 12.5. The summed E-state index contributed by atoms with van der Waals surface area (Å²) in [6.45, 7) is 11.6. The fourth-order valence-corrected chi connectivity index (χ4v) is 4.93. The van der Waals surface area contributed by atoms with Gasteiger partial charge in [0.1, 0.15) is 17.0 Å². The molecule has 0 radical (unpaired) electrons. The van der Waals surface area contributed by atoms with Crippen molar-refractivity contribution in [2.24, 2.45) is 0 Å². The third-order valence-electron chi connectivity index (χ3n) is 6.88. The van der Waals surface area contributed by atoms with E-state index in [1.807, 2.05) is 29.2 Å². The normalized spacial score (nSPS) is 17.2. The molecule has 2 aromatic heterocycles. The van der Waals surface area contributed by atoms with Crippen molar-refractivity contribution in [1.29, 1.82) is 0 Å². The Morgan fingerprint density at radius 1 is 0.914 bits per heavy atom. The highest BCUT2D eigenvalue weighted by atomic mass is 35.5. The Labute approximate surface area is 210 Å². The molecule has 5 rings (SSSR count). The number of benzene rings is 1. The van der Waals surface area contributed by atoms with E-state index in [1.54, 1.807) is 13.0 Å². The van der Waals surface area contributed by atoms with E-state index in [0.29, 0.717) is 53.8 Å². The van der Waals surface area contributed by atoms with E-state index in [2.05, 4.69) is 43.0 Å². The number of aryl methyl sites for hydroxylation is 1. The lowest BCUT2D eigenvalue weighted by Gasteiger charge is -2.36. The minimum absolute atomic E-state index is 0.0917. The molecule has 0 aliphatic carbocycles. The molecule has 0 unspecified atom stereocenters. The third kappa shape index (κ3) is 4.83. The van der Waals surface area contributed by atoms with Gasteiger partial charge in [-0.2, -0.15) is 0 Å². The van der Waals surface area contributed by atoms with E-state index in [-0.39, 0.29) is 5.91 Å². The molecule has 2 saturated heterocycles. The van der Waals surface area contributed by atoms with Gasteiger partial charge in [-0.3, -0.25) is 4.79 Å². The largest absolute Gasteiger partial charge is 0.360 e. The minimum atomic E-state index is -0.0917. The van der Waals surface area contributed by atoms with E-state index < -0.39 is 0 Å². The lowest BCUT2D eigenvalue weighted by Crippen LogP contribution is -2.49. The number of carbonyl (C=O) groups is 1. The summed E-state index contributed by atoms with van der Waals surface area (Å²) < 4.78 is 5.39. The number of anilines is 2. The van der Waals surface area contributed by atoms with Gasteiger partial charge < -0.3 is 24.1 Å². The summed E-state index contributed by atoms with van der Waals surface area (Å²) in [6, 6.07) is 11.4. The van der Waals surface area contributed by atoms with Crippen LogP contribution in [0.3, 0.4) is 0 Å². The second-order valence-electron chi connectivity index (χ2n) is 8.89. The van der Waals surface area contributed by atoms with Crippen molar-refractivity contribution >= 4 is 29.1 Å². The van der Waals surface area contributed by atoms with E-state index in [9.17, 15) is 4.79 Å². The zero-order chi connectivity index (χ0) is 24.4. The molecular formula is C25H30ClN7O2. The van der Waals surface area contributed by atoms with Gasteiger partial charge in [0.25, 0.3) is 5.91 Å². The first kappa shape index (κ1) is 23.6. The van der Waals surface area contributed by atoms with Gasteiger partial charge in [0, 0.05) is 57.9 Å². The molecule has 2 aliphatic rings. The van der Waals surface area contributed by atoms with Crippen LogP contribution < -0.4 is 9.80 Å². The second-order valence-corrected chi connectivity index (χ2v) is 9.30. The third-order valence-corrected chi connectivity index (χ3v) is 7.21. The molecule has 0 atom stereocenters. The molecule has 4 heterocycles. The lowest BCUT2D eigenvalue weighted by atomic mass is 10.0. The van der Waals surface area contributed by atoms with Crippen molar-refractivity contribution in [3.05, 3.63) is 52.7 Å². The predicted molar refractivity (Wildman–Crippen MR) is 136 cm³/mol. The van der Waals surface area contributed by atoms with Crippen LogP contribution in [-0.4, -0.2) is 90.0 Å². The fraction of sp³-hybridized carbons (Fsp3) is 0.440. The van der Waals surface area contributed by atoms with Crippen molar-refractivity contribution in [3.63, 3.8) is 0 Å². The van der Waals surface area contributed by atoms with Crippen molar-refractivity contribution in [3.8, 4) is 11.3 Å². The molecule has 0 saturated carbocycles. The molecule has 10 heteroatoms. The maximum atomic E-state index is 13.4. The van der Waals surface area contributed by atoms with E-state index in [0.717, 1.165) is 44.4 Å². The van der Waals surface area contributed by atoms with Crippen LogP contribution in [0.5, 0.6) is 0 Å². The Hall–Kier alpha value is -3.17. The number of hydrogen-bond acceptors (Lipinski definition) is 8. The monoisotopic (exact) mass is 495 g/mol. The van der Waals surface area contributed by atoms with Crippen LogP contribution in [0.1, 0.15) is 23.0 Å². The summed E-state index contributed by atoms with van der Waals surface area (Å²) in [4.78, 5) is 22.2. The Balaban J connectivity index is 1.23. The number of halogens is 1. The summed E-state index contributed by atoms with van der Waals surface area (Å²) in [5.41, 5.74) is 1.65. The number of aromatic nitrogens is 3. The minimum Gasteiger partial charge on any atom is -0.360 e. The number of amides is 1. The molecule has 35 heavy (non-hydrogen) atoms. The Kier molecular flexibility index (Phi) is 6.88. The number of likely N-dealkylation sites (N-methyl/N-ethyl adjacent to an activating group) is 1. The summed E-state index contributed by atoms with van der Waals surface area (Å²) in [6.07, 6.45) is 0. The van der Waals surface area contributed by atoms with Gasteiger partial charge in [0.2, 0.25) is 0 Å².